The lowest BCUT2D eigenvalue weighted by Gasteiger charge is -2.26. The summed E-state index contributed by atoms with van der Waals surface area (Å²) in [6, 6.07) is 4.41. The Labute approximate surface area is 89.1 Å². The van der Waals surface area contributed by atoms with Crippen molar-refractivity contribution in [2.24, 2.45) is 5.73 Å². The number of ketones is 1. The molecule has 1 atom stereocenters. The van der Waals surface area contributed by atoms with Crippen LogP contribution in [0.15, 0.2) is 24.3 Å². The fraction of sp³-hybridized carbons (Fsp3) is 0.300. The molecular weight excluding hydrogens is 226 g/mol. The van der Waals surface area contributed by atoms with Gasteiger partial charge in [-0.2, -0.15) is 13.2 Å². The molecule has 6 heteroatoms. The van der Waals surface area contributed by atoms with Gasteiger partial charge in [-0.1, -0.05) is 12.1 Å². The maximum atomic E-state index is 13.1. The molecule has 0 aromatic heterocycles. The number of carbonyl (C=O) groups excluding carboxylic acids is 1. The molecule has 0 radical (unpaired) electrons. The number of hydrogen-bond acceptors (Lipinski definition) is 2. The lowest BCUT2D eigenvalue weighted by molar-refractivity contribution is -0.165. The summed E-state index contributed by atoms with van der Waals surface area (Å²) in [6.07, 6.45) is -4.92. The van der Waals surface area contributed by atoms with Gasteiger partial charge in [0.25, 0.3) is 0 Å². The van der Waals surface area contributed by atoms with Crippen molar-refractivity contribution in [2.75, 3.05) is 0 Å². The molecule has 1 unspecified atom stereocenters. The van der Waals surface area contributed by atoms with Gasteiger partial charge >= 0.3 is 6.18 Å². The highest BCUT2D eigenvalue weighted by molar-refractivity contribution is 6.03. The molecule has 88 valence electrons. The fourth-order valence-electron chi connectivity index (χ4n) is 1.05. The summed E-state index contributed by atoms with van der Waals surface area (Å²) < 4.78 is 50.4. The Balaban J connectivity index is 3.18. The summed E-state index contributed by atoms with van der Waals surface area (Å²) in [4.78, 5) is 11.4. The van der Waals surface area contributed by atoms with E-state index in [1.807, 2.05) is 0 Å². The van der Waals surface area contributed by atoms with Crippen molar-refractivity contribution in [1.82, 2.24) is 0 Å². The van der Waals surface area contributed by atoms with Crippen LogP contribution in [0.4, 0.5) is 17.6 Å². The molecule has 1 aromatic carbocycles. The van der Waals surface area contributed by atoms with Gasteiger partial charge in [0.05, 0.1) is 5.56 Å². The Kier molecular flexibility index (Phi) is 3.05. The Morgan fingerprint density at radius 2 is 1.75 bits per heavy atom. The van der Waals surface area contributed by atoms with E-state index in [4.69, 9.17) is 5.73 Å². The average molecular weight is 235 g/mol. The van der Waals surface area contributed by atoms with Crippen molar-refractivity contribution < 1.29 is 22.4 Å². The quantitative estimate of drug-likeness (QED) is 0.631. The Morgan fingerprint density at radius 1 is 1.25 bits per heavy atom. The molecule has 2 nitrogen and oxygen atoms in total. The molecule has 0 aliphatic heterocycles. The van der Waals surface area contributed by atoms with Gasteiger partial charge in [0.2, 0.25) is 0 Å². The van der Waals surface area contributed by atoms with E-state index >= 15 is 0 Å². The molecule has 0 saturated heterocycles. The fourth-order valence-corrected chi connectivity index (χ4v) is 1.05. The molecule has 0 spiro atoms. The van der Waals surface area contributed by atoms with Crippen LogP contribution in [0, 0.1) is 5.82 Å². The number of alkyl halides is 3. The van der Waals surface area contributed by atoms with Crippen molar-refractivity contribution in [1.29, 1.82) is 0 Å². The number of benzene rings is 1. The van der Waals surface area contributed by atoms with Crippen molar-refractivity contribution >= 4 is 5.78 Å². The normalized spacial score (nSPS) is 15.6. The van der Waals surface area contributed by atoms with Crippen molar-refractivity contribution in [2.45, 2.75) is 18.6 Å². The van der Waals surface area contributed by atoms with E-state index in [9.17, 15) is 22.4 Å². The molecular formula is C10H9F4NO. The van der Waals surface area contributed by atoms with Crippen LogP contribution < -0.4 is 5.73 Å². The number of nitrogens with two attached hydrogens (primary N) is 1. The zero-order valence-electron chi connectivity index (χ0n) is 8.31. The van der Waals surface area contributed by atoms with Crippen LogP contribution in [0.2, 0.25) is 0 Å². The van der Waals surface area contributed by atoms with Crippen molar-refractivity contribution in [3.05, 3.63) is 35.6 Å². The summed E-state index contributed by atoms with van der Waals surface area (Å²) in [6.45, 7) is 0.516. The largest absolute Gasteiger partial charge is 0.413 e. The third kappa shape index (κ3) is 2.06. The van der Waals surface area contributed by atoms with Gasteiger partial charge < -0.3 is 5.73 Å². The van der Waals surface area contributed by atoms with E-state index in [1.165, 1.54) is 12.1 Å². The summed E-state index contributed by atoms with van der Waals surface area (Å²) >= 11 is 0. The number of hydrogen-bond donors (Lipinski definition) is 1. The van der Waals surface area contributed by atoms with Crippen molar-refractivity contribution in [3.63, 3.8) is 0 Å². The highest BCUT2D eigenvalue weighted by atomic mass is 19.4. The first-order chi connectivity index (χ1) is 7.18. The first-order valence-electron chi connectivity index (χ1n) is 4.33. The number of rotatable bonds is 2. The molecule has 0 heterocycles. The number of Topliss-reactive ketones (excluding diaryl/α,β-unsaturated/α-hetero) is 1. The van der Waals surface area contributed by atoms with Crippen LogP contribution in [-0.2, 0) is 0 Å². The molecule has 1 aromatic rings. The van der Waals surface area contributed by atoms with Crippen LogP contribution in [0.25, 0.3) is 0 Å². The summed E-state index contributed by atoms with van der Waals surface area (Å²) in [5.74, 6) is -2.51. The molecule has 0 aliphatic carbocycles. The minimum absolute atomic E-state index is 0.516. The van der Waals surface area contributed by atoms with Crippen LogP contribution in [-0.4, -0.2) is 17.5 Å². The zero-order chi connectivity index (χ0) is 12.6. The first kappa shape index (κ1) is 12.6. The van der Waals surface area contributed by atoms with E-state index in [2.05, 4.69) is 0 Å². The van der Waals surface area contributed by atoms with Gasteiger partial charge in [0.1, 0.15) is 5.82 Å². The second kappa shape index (κ2) is 3.86. The lowest BCUT2D eigenvalue weighted by Crippen LogP contribution is -2.57. The van der Waals surface area contributed by atoms with Gasteiger partial charge in [-0.15, -0.1) is 0 Å². The molecule has 2 N–H and O–H groups in total. The van der Waals surface area contributed by atoms with Gasteiger partial charge in [-0.25, -0.2) is 4.39 Å². The van der Waals surface area contributed by atoms with Gasteiger partial charge in [-0.3, -0.25) is 4.79 Å². The monoisotopic (exact) mass is 235 g/mol. The molecule has 0 amide bonds. The zero-order valence-corrected chi connectivity index (χ0v) is 8.31. The highest BCUT2D eigenvalue weighted by Crippen LogP contribution is 2.31. The van der Waals surface area contributed by atoms with E-state index < -0.39 is 28.9 Å². The topological polar surface area (TPSA) is 43.1 Å². The Morgan fingerprint density at radius 3 is 2.19 bits per heavy atom. The van der Waals surface area contributed by atoms with Crippen LogP contribution >= 0.6 is 0 Å². The highest BCUT2D eigenvalue weighted by Gasteiger charge is 2.54. The molecule has 0 aliphatic rings. The molecule has 0 fully saturated rings. The number of carbonyl (C=O) groups is 1. The molecule has 1 rings (SSSR count). The number of halogens is 4. The van der Waals surface area contributed by atoms with E-state index in [-0.39, 0.29) is 0 Å². The van der Waals surface area contributed by atoms with E-state index in [1.54, 1.807) is 0 Å². The summed E-state index contributed by atoms with van der Waals surface area (Å²) in [5, 5.41) is 0. The summed E-state index contributed by atoms with van der Waals surface area (Å²) in [7, 11) is 0. The maximum Gasteiger partial charge on any atom is 0.413 e. The molecule has 16 heavy (non-hydrogen) atoms. The second-order valence-electron chi connectivity index (χ2n) is 3.51. The SMILES string of the molecule is CC(N)(C(=O)c1ccccc1F)C(F)(F)F. The average Bonchev–Trinajstić information content (AvgIpc) is 2.15. The van der Waals surface area contributed by atoms with Crippen LogP contribution in [0.5, 0.6) is 0 Å². The Bertz CT molecular complexity index is 412. The van der Waals surface area contributed by atoms with Crippen molar-refractivity contribution in [3.8, 4) is 0 Å². The van der Waals surface area contributed by atoms with Crippen LogP contribution in [0.1, 0.15) is 17.3 Å². The van der Waals surface area contributed by atoms with E-state index in [0.717, 1.165) is 12.1 Å². The predicted octanol–water partition coefficient (Wildman–Crippen LogP) is 2.29. The maximum absolute atomic E-state index is 13.1. The first-order valence-corrected chi connectivity index (χ1v) is 4.33. The minimum Gasteiger partial charge on any atom is -0.311 e. The van der Waals surface area contributed by atoms with Crippen LogP contribution in [0.3, 0.4) is 0 Å². The van der Waals surface area contributed by atoms with E-state index in [0.29, 0.717) is 6.92 Å². The molecule has 0 saturated carbocycles. The second-order valence-corrected chi connectivity index (χ2v) is 3.51. The summed E-state index contributed by atoms with van der Waals surface area (Å²) in [5.41, 5.74) is 1.15. The predicted molar refractivity (Wildman–Crippen MR) is 49.4 cm³/mol. The Hall–Kier alpha value is -1.43. The van der Waals surface area contributed by atoms with Gasteiger partial charge in [0.15, 0.2) is 11.3 Å². The standard InChI is InChI=1S/C10H9F4NO/c1-9(15,10(12,13)14)8(16)6-4-2-3-5-7(6)11/h2-5H,15H2,1H3. The third-order valence-electron chi connectivity index (χ3n) is 2.18. The lowest BCUT2D eigenvalue weighted by atomic mass is 9.91. The third-order valence-corrected chi connectivity index (χ3v) is 2.18. The van der Waals surface area contributed by atoms with Gasteiger partial charge in [0, 0.05) is 0 Å². The minimum atomic E-state index is -4.92. The van der Waals surface area contributed by atoms with Gasteiger partial charge in [-0.05, 0) is 19.1 Å². The smallest absolute Gasteiger partial charge is 0.311 e. The molecule has 0 bridgehead atoms.